The molecule has 4 heteroatoms. The standard InChI is InChI=1S/C13H13Cl2NS/c14-11-4-1-5-12(15)13(11)9(8-16)7-10-3-2-6-17-10/h1-6,9H,7-8,16H2. The second-order valence-electron chi connectivity index (χ2n) is 3.85. The van der Waals surface area contributed by atoms with Crippen LogP contribution in [-0.2, 0) is 6.42 Å². The van der Waals surface area contributed by atoms with E-state index in [1.54, 1.807) is 11.3 Å². The summed E-state index contributed by atoms with van der Waals surface area (Å²) < 4.78 is 0. The molecule has 1 nitrogen and oxygen atoms in total. The van der Waals surface area contributed by atoms with E-state index in [1.807, 2.05) is 24.3 Å². The van der Waals surface area contributed by atoms with E-state index in [4.69, 9.17) is 28.9 Å². The van der Waals surface area contributed by atoms with Gasteiger partial charge in [0.1, 0.15) is 0 Å². The molecule has 0 radical (unpaired) electrons. The first-order valence-electron chi connectivity index (χ1n) is 5.38. The summed E-state index contributed by atoms with van der Waals surface area (Å²) >= 11 is 14.1. The molecule has 1 aromatic heterocycles. The maximum Gasteiger partial charge on any atom is 0.0456 e. The second kappa shape index (κ2) is 5.87. The lowest BCUT2D eigenvalue weighted by Crippen LogP contribution is -2.15. The van der Waals surface area contributed by atoms with Gasteiger partial charge in [0.05, 0.1) is 0 Å². The van der Waals surface area contributed by atoms with Gasteiger partial charge >= 0.3 is 0 Å². The van der Waals surface area contributed by atoms with Crippen LogP contribution in [0.1, 0.15) is 16.4 Å². The molecule has 1 unspecified atom stereocenters. The number of hydrogen-bond donors (Lipinski definition) is 1. The highest BCUT2D eigenvalue weighted by molar-refractivity contribution is 7.09. The van der Waals surface area contributed by atoms with Crippen LogP contribution in [0.15, 0.2) is 35.7 Å². The average Bonchev–Trinajstić information content (AvgIpc) is 2.80. The van der Waals surface area contributed by atoms with Crippen molar-refractivity contribution in [2.75, 3.05) is 6.54 Å². The Hall–Kier alpha value is -0.540. The van der Waals surface area contributed by atoms with Crippen molar-refractivity contribution in [1.82, 2.24) is 0 Å². The lowest BCUT2D eigenvalue weighted by Gasteiger charge is -2.17. The highest BCUT2D eigenvalue weighted by Gasteiger charge is 2.17. The number of nitrogens with two attached hydrogens (primary N) is 1. The van der Waals surface area contributed by atoms with Gasteiger partial charge in [-0.3, -0.25) is 0 Å². The van der Waals surface area contributed by atoms with Crippen molar-refractivity contribution >= 4 is 34.5 Å². The van der Waals surface area contributed by atoms with E-state index in [-0.39, 0.29) is 5.92 Å². The van der Waals surface area contributed by atoms with Crippen LogP contribution in [0, 0.1) is 0 Å². The summed E-state index contributed by atoms with van der Waals surface area (Å²) in [5, 5.41) is 3.46. The minimum atomic E-state index is 0.176. The van der Waals surface area contributed by atoms with Gasteiger partial charge in [0.2, 0.25) is 0 Å². The van der Waals surface area contributed by atoms with E-state index in [0.717, 1.165) is 12.0 Å². The SMILES string of the molecule is NCC(Cc1cccs1)c1c(Cl)cccc1Cl. The molecule has 2 aromatic rings. The van der Waals surface area contributed by atoms with E-state index in [1.165, 1.54) is 4.88 Å². The van der Waals surface area contributed by atoms with Gasteiger partial charge in [-0.1, -0.05) is 35.3 Å². The molecule has 2 rings (SSSR count). The van der Waals surface area contributed by atoms with Crippen LogP contribution in [0.25, 0.3) is 0 Å². The third-order valence-corrected chi connectivity index (χ3v) is 4.28. The molecule has 0 aliphatic heterocycles. The van der Waals surface area contributed by atoms with Gasteiger partial charge in [-0.15, -0.1) is 11.3 Å². The quantitative estimate of drug-likeness (QED) is 0.889. The first kappa shape index (κ1) is 12.9. The molecule has 1 aromatic carbocycles. The first-order chi connectivity index (χ1) is 8.22. The normalized spacial score (nSPS) is 12.6. The molecule has 0 spiro atoms. The Kier molecular flexibility index (Phi) is 4.46. The fraction of sp³-hybridized carbons (Fsp3) is 0.231. The molecular weight excluding hydrogens is 273 g/mol. The Balaban J connectivity index is 2.29. The molecule has 0 amide bonds. The zero-order valence-corrected chi connectivity index (χ0v) is 11.5. The molecule has 90 valence electrons. The topological polar surface area (TPSA) is 26.0 Å². The zero-order valence-electron chi connectivity index (χ0n) is 9.20. The van der Waals surface area contributed by atoms with Crippen LogP contribution < -0.4 is 5.73 Å². The van der Waals surface area contributed by atoms with Crippen molar-refractivity contribution in [2.45, 2.75) is 12.3 Å². The number of thiophene rings is 1. The first-order valence-corrected chi connectivity index (χ1v) is 7.02. The van der Waals surface area contributed by atoms with Gasteiger partial charge in [0.15, 0.2) is 0 Å². The largest absolute Gasteiger partial charge is 0.330 e. The van der Waals surface area contributed by atoms with Crippen LogP contribution in [0.5, 0.6) is 0 Å². The zero-order chi connectivity index (χ0) is 12.3. The Morgan fingerprint density at radius 3 is 2.35 bits per heavy atom. The van der Waals surface area contributed by atoms with E-state index >= 15 is 0 Å². The summed E-state index contributed by atoms with van der Waals surface area (Å²) in [7, 11) is 0. The van der Waals surface area contributed by atoms with Crippen molar-refractivity contribution in [3.63, 3.8) is 0 Å². The molecule has 0 fully saturated rings. The molecule has 1 heterocycles. The van der Waals surface area contributed by atoms with Gasteiger partial charge in [-0.05, 0) is 42.1 Å². The third-order valence-electron chi connectivity index (χ3n) is 2.72. The van der Waals surface area contributed by atoms with Crippen LogP contribution >= 0.6 is 34.5 Å². The maximum absolute atomic E-state index is 6.21. The van der Waals surface area contributed by atoms with Gasteiger partial charge < -0.3 is 5.73 Å². The second-order valence-corrected chi connectivity index (χ2v) is 5.70. The summed E-state index contributed by atoms with van der Waals surface area (Å²) in [6, 6.07) is 9.73. The van der Waals surface area contributed by atoms with E-state index < -0.39 is 0 Å². The summed E-state index contributed by atoms with van der Waals surface area (Å²) in [5.74, 6) is 0.176. The molecule has 0 saturated carbocycles. The van der Waals surface area contributed by atoms with E-state index in [0.29, 0.717) is 16.6 Å². The Morgan fingerprint density at radius 1 is 1.12 bits per heavy atom. The van der Waals surface area contributed by atoms with Crippen LogP contribution in [0.2, 0.25) is 10.0 Å². The number of halogens is 2. The van der Waals surface area contributed by atoms with Crippen LogP contribution in [0.4, 0.5) is 0 Å². The van der Waals surface area contributed by atoms with Crippen molar-refractivity contribution in [3.05, 3.63) is 56.2 Å². The number of benzene rings is 1. The summed E-state index contributed by atoms with van der Waals surface area (Å²) in [6.45, 7) is 0.543. The maximum atomic E-state index is 6.21. The van der Waals surface area contributed by atoms with Crippen molar-refractivity contribution in [2.24, 2.45) is 5.73 Å². The van der Waals surface area contributed by atoms with Crippen molar-refractivity contribution in [3.8, 4) is 0 Å². The predicted octanol–water partition coefficient (Wildman–Crippen LogP) is 4.34. The van der Waals surface area contributed by atoms with Gasteiger partial charge in [-0.2, -0.15) is 0 Å². The fourth-order valence-electron chi connectivity index (χ4n) is 1.88. The molecule has 0 saturated heterocycles. The van der Waals surface area contributed by atoms with E-state index in [9.17, 15) is 0 Å². The summed E-state index contributed by atoms with van der Waals surface area (Å²) in [5.41, 5.74) is 6.81. The third kappa shape index (κ3) is 3.02. The van der Waals surface area contributed by atoms with Gasteiger partial charge in [0.25, 0.3) is 0 Å². The van der Waals surface area contributed by atoms with Crippen LogP contribution in [0.3, 0.4) is 0 Å². The lowest BCUT2D eigenvalue weighted by molar-refractivity contribution is 0.701. The fourth-order valence-corrected chi connectivity index (χ4v) is 3.37. The van der Waals surface area contributed by atoms with Crippen molar-refractivity contribution in [1.29, 1.82) is 0 Å². The Morgan fingerprint density at radius 2 is 1.82 bits per heavy atom. The molecule has 2 N–H and O–H groups in total. The summed E-state index contributed by atoms with van der Waals surface area (Å²) in [6.07, 6.45) is 0.887. The monoisotopic (exact) mass is 285 g/mol. The Labute approximate surface area is 115 Å². The smallest absolute Gasteiger partial charge is 0.0456 e. The summed E-state index contributed by atoms with van der Waals surface area (Å²) in [4.78, 5) is 1.30. The predicted molar refractivity (Wildman–Crippen MR) is 76.3 cm³/mol. The highest BCUT2D eigenvalue weighted by atomic mass is 35.5. The Bertz CT molecular complexity index is 462. The van der Waals surface area contributed by atoms with Crippen molar-refractivity contribution < 1.29 is 0 Å². The molecule has 17 heavy (non-hydrogen) atoms. The average molecular weight is 286 g/mol. The van der Waals surface area contributed by atoms with Crippen LogP contribution in [-0.4, -0.2) is 6.54 Å². The minimum Gasteiger partial charge on any atom is -0.330 e. The molecule has 0 bridgehead atoms. The number of rotatable bonds is 4. The molecule has 0 aliphatic carbocycles. The van der Waals surface area contributed by atoms with Gasteiger partial charge in [0, 0.05) is 20.8 Å². The molecule has 1 atom stereocenters. The van der Waals surface area contributed by atoms with Gasteiger partial charge in [-0.25, -0.2) is 0 Å². The highest BCUT2D eigenvalue weighted by Crippen LogP contribution is 2.33. The minimum absolute atomic E-state index is 0.176. The number of hydrogen-bond acceptors (Lipinski definition) is 2. The molecular formula is C13H13Cl2NS. The lowest BCUT2D eigenvalue weighted by atomic mass is 9.95. The molecule has 0 aliphatic rings. The van der Waals surface area contributed by atoms with E-state index in [2.05, 4.69) is 11.4 Å².